The highest BCUT2D eigenvalue weighted by atomic mass is 32.1. The highest BCUT2D eigenvalue weighted by molar-refractivity contribution is 7.12. The fourth-order valence-electron chi connectivity index (χ4n) is 2.73. The third-order valence-corrected chi connectivity index (χ3v) is 4.92. The monoisotopic (exact) mass is 371 g/mol. The van der Waals surface area contributed by atoms with Gasteiger partial charge in [0.05, 0.1) is 33.4 Å². The van der Waals surface area contributed by atoms with E-state index >= 15 is 0 Å². The van der Waals surface area contributed by atoms with Gasteiger partial charge in [-0.1, -0.05) is 12.1 Å². The van der Waals surface area contributed by atoms with Gasteiger partial charge in [0.2, 0.25) is 5.91 Å². The number of nitrogens with one attached hydrogen (secondary N) is 1. The first kappa shape index (κ1) is 18.0. The van der Waals surface area contributed by atoms with Crippen molar-refractivity contribution < 1.29 is 14.3 Å². The zero-order valence-electron chi connectivity index (χ0n) is 15.0. The average molecular weight is 371 g/mol. The molecule has 7 heteroatoms. The fourth-order valence-corrected chi connectivity index (χ4v) is 3.62. The van der Waals surface area contributed by atoms with Gasteiger partial charge in [-0.2, -0.15) is 5.10 Å². The van der Waals surface area contributed by atoms with Crippen LogP contribution in [0.15, 0.2) is 42.6 Å². The number of aryl methyl sites for hydroxylation is 1. The van der Waals surface area contributed by atoms with Gasteiger partial charge < -0.3 is 14.8 Å². The second-order valence-electron chi connectivity index (χ2n) is 5.76. The molecule has 0 unspecified atom stereocenters. The average Bonchev–Trinajstić information content (AvgIpc) is 3.23. The van der Waals surface area contributed by atoms with Crippen molar-refractivity contribution in [2.24, 2.45) is 0 Å². The number of nitrogens with zero attached hydrogens (tertiary/aromatic N) is 2. The van der Waals surface area contributed by atoms with Crippen molar-refractivity contribution in [3.8, 4) is 11.5 Å². The predicted molar refractivity (Wildman–Crippen MR) is 102 cm³/mol. The van der Waals surface area contributed by atoms with Gasteiger partial charge in [0.1, 0.15) is 5.82 Å². The van der Waals surface area contributed by atoms with Crippen molar-refractivity contribution >= 4 is 23.1 Å². The van der Waals surface area contributed by atoms with E-state index in [4.69, 9.17) is 9.47 Å². The van der Waals surface area contributed by atoms with E-state index in [1.54, 1.807) is 42.5 Å². The van der Waals surface area contributed by atoms with Crippen molar-refractivity contribution in [3.63, 3.8) is 0 Å². The number of para-hydroxylation sites is 1. The van der Waals surface area contributed by atoms with Crippen molar-refractivity contribution in [2.75, 3.05) is 19.5 Å². The van der Waals surface area contributed by atoms with Crippen LogP contribution in [-0.2, 0) is 17.8 Å². The summed E-state index contributed by atoms with van der Waals surface area (Å²) in [5.74, 6) is 1.91. The van der Waals surface area contributed by atoms with Crippen molar-refractivity contribution in [2.45, 2.75) is 19.9 Å². The molecule has 1 amide bonds. The Morgan fingerprint density at radius 1 is 1.19 bits per heavy atom. The molecule has 0 aliphatic heterocycles. The summed E-state index contributed by atoms with van der Waals surface area (Å²) in [6.07, 6.45) is 2.02. The van der Waals surface area contributed by atoms with Gasteiger partial charge in [-0.3, -0.25) is 4.79 Å². The molecule has 3 aromatic rings. The van der Waals surface area contributed by atoms with Gasteiger partial charge in [-0.25, -0.2) is 4.68 Å². The summed E-state index contributed by atoms with van der Waals surface area (Å²) in [5.41, 5.74) is 0.917. The number of hydrogen-bond donors (Lipinski definition) is 1. The molecule has 0 fully saturated rings. The summed E-state index contributed by atoms with van der Waals surface area (Å²) in [5, 5.41) is 7.25. The van der Waals surface area contributed by atoms with Crippen LogP contribution >= 0.6 is 11.3 Å². The quantitative estimate of drug-likeness (QED) is 0.690. The maximum atomic E-state index is 12.3. The number of aromatic nitrogens is 2. The molecule has 0 bridgehead atoms. The lowest BCUT2D eigenvalue weighted by Gasteiger charge is -2.14. The van der Waals surface area contributed by atoms with Crippen LogP contribution in [0.25, 0.3) is 0 Å². The molecule has 0 spiro atoms. The van der Waals surface area contributed by atoms with Gasteiger partial charge in [0.15, 0.2) is 11.5 Å². The molecule has 1 aromatic carbocycles. The number of thiophene rings is 1. The van der Waals surface area contributed by atoms with Crippen LogP contribution in [0.4, 0.5) is 5.82 Å². The molecule has 1 N–H and O–H groups in total. The Hall–Kier alpha value is -2.80. The fraction of sp³-hybridized carbons (Fsp3) is 0.263. The second-order valence-corrected chi connectivity index (χ2v) is 7.14. The van der Waals surface area contributed by atoms with Crippen LogP contribution in [0, 0.1) is 6.92 Å². The number of rotatable bonds is 7. The van der Waals surface area contributed by atoms with Crippen molar-refractivity contribution in [3.05, 3.63) is 57.9 Å². The number of benzene rings is 1. The number of carbonyl (C=O) groups is 1. The zero-order chi connectivity index (χ0) is 18.5. The zero-order valence-corrected chi connectivity index (χ0v) is 15.8. The Morgan fingerprint density at radius 2 is 2.04 bits per heavy atom. The molecule has 2 heterocycles. The molecule has 0 aliphatic rings. The largest absolute Gasteiger partial charge is 0.493 e. The van der Waals surface area contributed by atoms with E-state index in [1.807, 2.05) is 37.3 Å². The second kappa shape index (κ2) is 8.05. The number of ether oxygens (including phenoxy) is 2. The summed E-state index contributed by atoms with van der Waals surface area (Å²) in [7, 11) is 3.21. The van der Waals surface area contributed by atoms with E-state index < -0.39 is 0 Å². The van der Waals surface area contributed by atoms with E-state index in [-0.39, 0.29) is 5.91 Å². The summed E-state index contributed by atoms with van der Waals surface area (Å²) < 4.78 is 12.5. The van der Waals surface area contributed by atoms with E-state index in [9.17, 15) is 4.79 Å². The lowest BCUT2D eigenvalue weighted by molar-refractivity contribution is -0.115. The molecule has 0 saturated heterocycles. The van der Waals surface area contributed by atoms with Crippen LogP contribution in [0.3, 0.4) is 0 Å². The van der Waals surface area contributed by atoms with E-state index in [1.165, 1.54) is 4.88 Å². The summed E-state index contributed by atoms with van der Waals surface area (Å²) in [6.45, 7) is 2.49. The highest BCUT2D eigenvalue weighted by Gasteiger charge is 2.13. The first-order valence-electron chi connectivity index (χ1n) is 8.17. The lowest BCUT2D eigenvalue weighted by atomic mass is 10.2. The molecule has 0 saturated carbocycles. The Kier molecular flexibility index (Phi) is 5.58. The molecule has 0 radical (unpaired) electrons. The van der Waals surface area contributed by atoms with Crippen molar-refractivity contribution in [1.82, 2.24) is 9.78 Å². The van der Waals surface area contributed by atoms with Gasteiger partial charge in [-0.15, -0.1) is 11.3 Å². The number of anilines is 1. The van der Waals surface area contributed by atoms with E-state index in [2.05, 4.69) is 10.4 Å². The standard InChI is InChI=1S/C19H21N3O3S/c1-13-7-8-15(26-13)11-18(23)21-17-9-10-20-22(17)12-14-5-4-6-16(24-2)19(14)25-3/h4-10H,11-12H2,1-3H3,(H,21,23). The van der Waals surface area contributed by atoms with Crippen LogP contribution in [0.5, 0.6) is 11.5 Å². The highest BCUT2D eigenvalue weighted by Crippen LogP contribution is 2.31. The number of methoxy groups -OCH3 is 2. The van der Waals surface area contributed by atoms with Crippen LogP contribution in [-0.4, -0.2) is 29.9 Å². The molecule has 0 atom stereocenters. The number of amides is 1. The molecule has 0 aliphatic carbocycles. The third-order valence-electron chi connectivity index (χ3n) is 3.92. The number of hydrogen-bond acceptors (Lipinski definition) is 5. The smallest absolute Gasteiger partial charge is 0.230 e. The predicted octanol–water partition coefficient (Wildman–Crippen LogP) is 3.50. The Morgan fingerprint density at radius 3 is 2.73 bits per heavy atom. The topological polar surface area (TPSA) is 65.4 Å². The van der Waals surface area contributed by atoms with Crippen molar-refractivity contribution in [1.29, 1.82) is 0 Å². The van der Waals surface area contributed by atoms with E-state index in [0.717, 1.165) is 10.4 Å². The maximum absolute atomic E-state index is 12.3. The normalized spacial score (nSPS) is 10.6. The van der Waals surface area contributed by atoms with Gasteiger partial charge in [-0.05, 0) is 25.1 Å². The Labute approximate surface area is 156 Å². The summed E-state index contributed by atoms with van der Waals surface area (Å²) >= 11 is 1.63. The van der Waals surface area contributed by atoms with Crippen LogP contribution in [0.1, 0.15) is 15.3 Å². The summed E-state index contributed by atoms with van der Waals surface area (Å²) in [6, 6.07) is 11.5. The van der Waals surface area contributed by atoms with Crippen LogP contribution in [0.2, 0.25) is 0 Å². The maximum Gasteiger partial charge on any atom is 0.230 e. The SMILES string of the molecule is COc1cccc(Cn2nccc2NC(=O)Cc2ccc(C)s2)c1OC. The lowest BCUT2D eigenvalue weighted by Crippen LogP contribution is -2.17. The molecular formula is C19H21N3O3S. The molecule has 2 aromatic heterocycles. The summed E-state index contributed by atoms with van der Waals surface area (Å²) in [4.78, 5) is 14.6. The van der Waals surface area contributed by atoms with Gasteiger partial charge in [0, 0.05) is 21.4 Å². The minimum atomic E-state index is -0.0637. The Bertz CT molecular complexity index is 901. The molecule has 26 heavy (non-hydrogen) atoms. The first-order chi connectivity index (χ1) is 12.6. The minimum Gasteiger partial charge on any atom is -0.493 e. The van der Waals surface area contributed by atoms with Crippen LogP contribution < -0.4 is 14.8 Å². The van der Waals surface area contributed by atoms with Gasteiger partial charge >= 0.3 is 0 Å². The molecule has 136 valence electrons. The third kappa shape index (κ3) is 4.05. The minimum absolute atomic E-state index is 0.0637. The van der Waals surface area contributed by atoms with Gasteiger partial charge in [0.25, 0.3) is 0 Å². The number of carbonyl (C=O) groups excluding carboxylic acids is 1. The molecule has 3 rings (SSSR count). The molecular weight excluding hydrogens is 350 g/mol. The van der Waals surface area contributed by atoms with E-state index in [0.29, 0.717) is 30.3 Å². The Balaban J connectivity index is 1.74. The molecule has 6 nitrogen and oxygen atoms in total. The first-order valence-corrected chi connectivity index (χ1v) is 8.99.